The monoisotopic (exact) mass is 529 g/mol. The summed E-state index contributed by atoms with van der Waals surface area (Å²) in [5, 5.41) is 8.38. The van der Waals surface area contributed by atoms with Crippen molar-refractivity contribution in [2.75, 3.05) is 5.32 Å². The molecule has 0 spiro atoms. The first-order chi connectivity index (χ1) is 19.6. The maximum Gasteiger partial charge on any atom is 0.302 e. The number of hydrogen-bond donors (Lipinski definition) is 1. The van der Waals surface area contributed by atoms with Crippen molar-refractivity contribution in [2.45, 2.75) is 65.2 Å². The second-order valence-corrected chi connectivity index (χ2v) is 12.2. The molecule has 6 nitrogen and oxygen atoms in total. The standard InChI is InChI=1S/C34H35N5O/c1-3-6-30(34-18-24-15-25(19-34)17-26(16-24)20-34)39-32-22(2)28-7-4-5-8-29(28)38-33(32)37-27-12-9-23(10-13-27)11-14-31-35-21-36-40-31/h4-5,7-10,12-13,21,24-26H,3,6,15-20H2,1-2H3,(H,37,38). The van der Waals surface area contributed by atoms with Gasteiger partial charge in [0.25, 0.3) is 0 Å². The van der Waals surface area contributed by atoms with E-state index in [1.807, 2.05) is 24.3 Å². The molecular formula is C34H35N5O. The number of anilines is 2. The molecular weight excluding hydrogens is 494 g/mol. The van der Waals surface area contributed by atoms with Gasteiger partial charge in [-0.2, -0.15) is 4.98 Å². The summed E-state index contributed by atoms with van der Waals surface area (Å²) in [6.07, 6.45) is 11.8. The third kappa shape index (κ3) is 4.68. The Balaban J connectivity index is 1.27. The molecule has 4 bridgehead atoms. The molecule has 40 heavy (non-hydrogen) atoms. The van der Waals surface area contributed by atoms with E-state index in [0.717, 1.165) is 58.9 Å². The Morgan fingerprint density at radius 1 is 1.00 bits per heavy atom. The number of benzene rings is 2. The zero-order valence-corrected chi connectivity index (χ0v) is 23.3. The van der Waals surface area contributed by atoms with Crippen LogP contribution in [0.15, 0.2) is 64.4 Å². The van der Waals surface area contributed by atoms with Crippen LogP contribution in [0.25, 0.3) is 10.9 Å². The van der Waals surface area contributed by atoms with Gasteiger partial charge in [0.1, 0.15) is 5.69 Å². The van der Waals surface area contributed by atoms with Crippen LogP contribution in [0.3, 0.4) is 0 Å². The second-order valence-electron chi connectivity index (χ2n) is 12.2. The molecule has 0 aliphatic heterocycles. The molecule has 2 aromatic carbocycles. The highest BCUT2D eigenvalue weighted by Crippen LogP contribution is 2.61. The van der Waals surface area contributed by atoms with Gasteiger partial charge >= 0.3 is 5.89 Å². The van der Waals surface area contributed by atoms with Crippen molar-refractivity contribution >= 4 is 33.8 Å². The van der Waals surface area contributed by atoms with Crippen LogP contribution in [0.5, 0.6) is 0 Å². The number of rotatable bonds is 6. The lowest BCUT2D eigenvalue weighted by Crippen LogP contribution is -2.50. The summed E-state index contributed by atoms with van der Waals surface area (Å²) in [5.41, 5.74) is 6.68. The first kappa shape index (κ1) is 25.0. The molecule has 1 N–H and O–H groups in total. The second kappa shape index (κ2) is 10.2. The molecule has 8 rings (SSSR count). The summed E-state index contributed by atoms with van der Waals surface area (Å²) in [4.78, 5) is 14.7. The number of para-hydroxylation sites is 1. The summed E-state index contributed by atoms with van der Waals surface area (Å²) >= 11 is 0. The molecule has 4 aliphatic carbocycles. The van der Waals surface area contributed by atoms with Crippen LogP contribution in [0, 0.1) is 41.9 Å². The molecule has 4 saturated carbocycles. The molecule has 2 heterocycles. The van der Waals surface area contributed by atoms with Crippen LogP contribution in [-0.4, -0.2) is 20.8 Å². The highest BCUT2D eigenvalue weighted by atomic mass is 16.5. The van der Waals surface area contributed by atoms with Crippen LogP contribution in [0.4, 0.5) is 17.2 Å². The van der Waals surface area contributed by atoms with Crippen molar-refractivity contribution in [1.82, 2.24) is 15.1 Å². The smallest absolute Gasteiger partial charge is 0.302 e. The van der Waals surface area contributed by atoms with Crippen LogP contribution >= 0.6 is 0 Å². The van der Waals surface area contributed by atoms with Crippen molar-refractivity contribution in [3.8, 4) is 11.8 Å². The van der Waals surface area contributed by atoms with Gasteiger partial charge in [-0.3, -0.25) is 4.99 Å². The Morgan fingerprint density at radius 3 is 2.40 bits per heavy atom. The van der Waals surface area contributed by atoms with Crippen molar-refractivity contribution in [3.05, 3.63) is 71.9 Å². The minimum Gasteiger partial charge on any atom is -0.338 e. The van der Waals surface area contributed by atoms with Gasteiger partial charge < -0.3 is 9.84 Å². The summed E-state index contributed by atoms with van der Waals surface area (Å²) in [6, 6.07) is 16.4. The van der Waals surface area contributed by atoms with E-state index in [-0.39, 0.29) is 5.41 Å². The quantitative estimate of drug-likeness (QED) is 0.201. The molecule has 4 aromatic rings. The zero-order chi connectivity index (χ0) is 27.1. The topological polar surface area (TPSA) is 76.2 Å². The van der Waals surface area contributed by atoms with Crippen LogP contribution in [-0.2, 0) is 0 Å². The normalized spacial score (nSPS) is 25.1. The highest BCUT2D eigenvalue weighted by Gasteiger charge is 2.52. The molecule has 4 fully saturated rings. The van der Waals surface area contributed by atoms with Crippen molar-refractivity contribution < 1.29 is 4.52 Å². The number of aryl methyl sites for hydroxylation is 1. The fraction of sp³-hybridized carbons (Fsp3) is 0.412. The lowest BCUT2D eigenvalue weighted by Gasteiger charge is -2.57. The van der Waals surface area contributed by atoms with Crippen LogP contribution in [0.1, 0.15) is 75.3 Å². The molecule has 6 heteroatoms. The number of nitrogens with one attached hydrogen (secondary N) is 1. The molecule has 0 saturated heterocycles. The Bertz CT molecular complexity index is 1590. The molecule has 0 unspecified atom stereocenters. The minimum absolute atomic E-state index is 0.277. The summed E-state index contributed by atoms with van der Waals surface area (Å²) in [7, 11) is 0. The Hall–Kier alpha value is -3.98. The largest absolute Gasteiger partial charge is 0.338 e. The van der Waals surface area contributed by atoms with Gasteiger partial charge in [-0.1, -0.05) is 42.6 Å². The Kier molecular flexibility index (Phi) is 6.38. The maximum atomic E-state index is 5.61. The van der Waals surface area contributed by atoms with E-state index >= 15 is 0 Å². The number of aromatic nitrogens is 3. The van der Waals surface area contributed by atoms with E-state index in [4.69, 9.17) is 14.5 Å². The fourth-order valence-electron chi connectivity index (χ4n) is 7.99. The third-order valence-corrected chi connectivity index (χ3v) is 9.33. The molecule has 0 atom stereocenters. The summed E-state index contributed by atoms with van der Waals surface area (Å²) in [6.45, 7) is 4.50. The minimum atomic E-state index is 0.277. The van der Waals surface area contributed by atoms with E-state index < -0.39 is 0 Å². The van der Waals surface area contributed by atoms with E-state index in [1.165, 1.54) is 61.5 Å². The average molecular weight is 530 g/mol. The van der Waals surface area contributed by atoms with Gasteiger partial charge in [0.2, 0.25) is 0 Å². The van der Waals surface area contributed by atoms with Gasteiger partial charge in [0.05, 0.1) is 5.52 Å². The number of pyridine rings is 1. The Morgan fingerprint density at radius 2 is 1.73 bits per heavy atom. The highest BCUT2D eigenvalue weighted by molar-refractivity contribution is 5.97. The van der Waals surface area contributed by atoms with Crippen molar-refractivity contribution in [3.63, 3.8) is 0 Å². The number of hydrogen-bond acceptors (Lipinski definition) is 6. The Labute approximate surface area is 235 Å². The van der Waals surface area contributed by atoms with Crippen molar-refractivity contribution in [1.29, 1.82) is 0 Å². The van der Waals surface area contributed by atoms with Crippen LogP contribution < -0.4 is 5.32 Å². The van der Waals surface area contributed by atoms with Gasteiger partial charge in [-0.25, -0.2) is 4.98 Å². The zero-order valence-electron chi connectivity index (χ0n) is 23.3. The van der Waals surface area contributed by atoms with E-state index in [9.17, 15) is 0 Å². The first-order valence-electron chi connectivity index (χ1n) is 14.7. The SMILES string of the molecule is CCCC(=Nc1c(Nc2ccc(C#Cc3ncno3)cc2)nc2ccccc2c1C)C12CC3CC(CC(C3)C1)C2. The lowest BCUT2D eigenvalue weighted by atomic mass is 9.48. The first-order valence-corrected chi connectivity index (χ1v) is 14.7. The maximum absolute atomic E-state index is 5.61. The summed E-state index contributed by atoms with van der Waals surface area (Å²) < 4.78 is 4.98. The van der Waals surface area contributed by atoms with Gasteiger partial charge in [-0.05, 0) is 106 Å². The van der Waals surface area contributed by atoms with E-state index in [1.54, 1.807) is 0 Å². The van der Waals surface area contributed by atoms with Gasteiger partial charge in [-0.15, -0.1) is 0 Å². The number of fused-ring (bicyclic) bond motifs is 1. The van der Waals surface area contributed by atoms with Gasteiger partial charge in [0, 0.05) is 33.7 Å². The number of nitrogens with zero attached hydrogens (tertiary/aromatic N) is 4. The third-order valence-electron chi connectivity index (χ3n) is 9.33. The van der Waals surface area contributed by atoms with Gasteiger partial charge in [0.15, 0.2) is 12.1 Å². The molecule has 0 radical (unpaired) electrons. The summed E-state index contributed by atoms with van der Waals surface area (Å²) in [5.74, 6) is 9.77. The fourth-order valence-corrected chi connectivity index (χ4v) is 7.99. The molecule has 4 aliphatic rings. The average Bonchev–Trinajstić information content (AvgIpc) is 3.47. The van der Waals surface area contributed by atoms with Crippen LogP contribution in [0.2, 0.25) is 0 Å². The molecule has 202 valence electrons. The van der Waals surface area contributed by atoms with E-state index in [2.05, 4.69) is 65.4 Å². The lowest BCUT2D eigenvalue weighted by molar-refractivity contribution is -0.0133. The van der Waals surface area contributed by atoms with E-state index in [0.29, 0.717) is 5.89 Å². The predicted octanol–water partition coefficient (Wildman–Crippen LogP) is 8.16. The molecule has 2 aromatic heterocycles. The predicted molar refractivity (Wildman–Crippen MR) is 159 cm³/mol. The molecule has 0 amide bonds. The number of aliphatic imine (C=N–C) groups is 1. The van der Waals surface area contributed by atoms with Crippen molar-refractivity contribution in [2.24, 2.45) is 28.2 Å².